The van der Waals surface area contributed by atoms with Crippen LogP contribution < -0.4 is 5.32 Å². The monoisotopic (exact) mass is 274 g/mol. The summed E-state index contributed by atoms with van der Waals surface area (Å²) in [5, 5.41) is 18.3. The predicted molar refractivity (Wildman–Crippen MR) is 71.6 cm³/mol. The van der Waals surface area contributed by atoms with Crippen LogP contribution in [0.2, 0.25) is 0 Å². The second-order valence-corrected chi connectivity index (χ2v) is 4.40. The zero-order valence-corrected chi connectivity index (χ0v) is 11.1. The molecule has 1 amide bonds. The lowest BCUT2D eigenvalue weighted by atomic mass is 10.1. The standard InChI is InChI=1S/C13H14N4O3/c1-7-11(8(2)17-16-7)4-12(18)15-10-3-9(13(19)20)5-14-6-10/h3,5-6H,4H2,1-2H3,(H,15,18)(H,16,17)(H,19,20). The van der Waals surface area contributed by atoms with Crippen molar-refractivity contribution in [2.24, 2.45) is 0 Å². The lowest BCUT2D eigenvalue weighted by Gasteiger charge is -2.05. The molecule has 0 aromatic carbocycles. The van der Waals surface area contributed by atoms with Crippen molar-refractivity contribution < 1.29 is 14.7 Å². The Morgan fingerprint density at radius 1 is 1.35 bits per heavy atom. The van der Waals surface area contributed by atoms with Gasteiger partial charge in [-0.3, -0.25) is 14.9 Å². The maximum absolute atomic E-state index is 11.9. The average molecular weight is 274 g/mol. The fraction of sp³-hybridized carbons (Fsp3) is 0.231. The first-order valence-electron chi connectivity index (χ1n) is 5.96. The summed E-state index contributed by atoms with van der Waals surface area (Å²) in [6, 6.07) is 1.36. The predicted octanol–water partition coefficient (Wildman–Crippen LogP) is 1.30. The van der Waals surface area contributed by atoms with Crippen molar-refractivity contribution in [1.29, 1.82) is 0 Å². The molecular formula is C13H14N4O3. The Hall–Kier alpha value is -2.70. The summed E-state index contributed by atoms with van der Waals surface area (Å²) in [4.78, 5) is 26.5. The Morgan fingerprint density at radius 2 is 2.10 bits per heavy atom. The average Bonchev–Trinajstić information content (AvgIpc) is 2.71. The molecule has 2 aromatic heterocycles. The number of hydrogen-bond donors (Lipinski definition) is 3. The number of pyridine rings is 1. The maximum atomic E-state index is 11.9. The summed E-state index contributed by atoms with van der Waals surface area (Å²) in [5.74, 6) is -1.34. The number of aromatic nitrogens is 3. The smallest absolute Gasteiger partial charge is 0.337 e. The van der Waals surface area contributed by atoms with Crippen molar-refractivity contribution in [1.82, 2.24) is 15.2 Å². The molecule has 3 N–H and O–H groups in total. The highest BCUT2D eigenvalue weighted by molar-refractivity contribution is 5.94. The van der Waals surface area contributed by atoms with Crippen molar-refractivity contribution in [3.05, 3.63) is 41.0 Å². The van der Waals surface area contributed by atoms with Crippen molar-refractivity contribution >= 4 is 17.6 Å². The summed E-state index contributed by atoms with van der Waals surface area (Å²) in [6.07, 6.45) is 2.80. The van der Waals surface area contributed by atoms with E-state index >= 15 is 0 Å². The summed E-state index contributed by atoms with van der Waals surface area (Å²) in [6.45, 7) is 3.66. The van der Waals surface area contributed by atoms with Gasteiger partial charge in [-0.1, -0.05) is 0 Å². The fourth-order valence-corrected chi connectivity index (χ4v) is 1.83. The van der Waals surface area contributed by atoms with Crippen LogP contribution in [0.3, 0.4) is 0 Å². The van der Waals surface area contributed by atoms with E-state index in [1.165, 1.54) is 18.5 Å². The first kappa shape index (κ1) is 13.7. The summed E-state index contributed by atoms with van der Waals surface area (Å²) in [5.41, 5.74) is 2.84. The number of carboxylic acids is 1. The molecule has 2 aromatic rings. The number of carbonyl (C=O) groups excluding carboxylic acids is 1. The van der Waals surface area contributed by atoms with Crippen LogP contribution in [0.5, 0.6) is 0 Å². The van der Waals surface area contributed by atoms with E-state index in [1.54, 1.807) is 0 Å². The minimum Gasteiger partial charge on any atom is -0.478 e. The highest BCUT2D eigenvalue weighted by Gasteiger charge is 2.12. The van der Waals surface area contributed by atoms with Gasteiger partial charge in [0.25, 0.3) is 0 Å². The van der Waals surface area contributed by atoms with Crippen molar-refractivity contribution in [3.8, 4) is 0 Å². The second kappa shape index (κ2) is 5.52. The van der Waals surface area contributed by atoms with E-state index in [1.807, 2.05) is 13.8 Å². The van der Waals surface area contributed by atoms with Gasteiger partial charge in [0.1, 0.15) is 0 Å². The molecule has 0 bridgehead atoms. The maximum Gasteiger partial charge on any atom is 0.337 e. The molecule has 0 aliphatic carbocycles. The third-order valence-corrected chi connectivity index (χ3v) is 2.89. The third-order valence-electron chi connectivity index (χ3n) is 2.89. The number of carboxylic acid groups (broad SMARTS) is 1. The van der Waals surface area contributed by atoms with Crippen LogP contribution in [-0.2, 0) is 11.2 Å². The molecule has 2 rings (SSSR count). The SMILES string of the molecule is Cc1n[nH]c(C)c1CC(=O)Nc1cncc(C(=O)O)c1. The quantitative estimate of drug-likeness (QED) is 0.778. The number of rotatable bonds is 4. The first-order chi connectivity index (χ1) is 9.47. The number of nitrogens with one attached hydrogen (secondary N) is 2. The van der Waals surface area contributed by atoms with Gasteiger partial charge in [-0.2, -0.15) is 5.10 Å². The molecule has 0 unspecified atom stereocenters. The van der Waals surface area contributed by atoms with Gasteiger partial charge in [0, 0.05) is 17.5 Å². The van der Waals surface area contributed by atoms with Crippen LogP contribution in [0, 0.1) is 13.8 Å². The lowest BCUT2D eigenvalue weighted by Crippen LogP contribution is -2.15. The van der Waals surface area contributed by atoms with E-state index in [2.05, 4.69) is 20.5 Å². The number of aryl methyl sites for hydroxylation is 2. The number of aromatic carboxylic acids is 1. The van der Waals surface area contributed by atoms with Gasteiger partial charge >= 0.3 is 5.97 Å². The molecule has 0 atom stereocenters. The number of anilines is 1. The topological polar surface area (TPSA) is 108 Å². The van der Waals surface area contributed by atoms with Crippen LogP contribution in [0.25, 0.3) is 0 Å². The molecule has 0 saturated carbocycles. The number of aromatic amines is 1. The Labute approximate surface area is 115 Å². The van der Waals surface area contributed by atoms with E-state index in [-0.39, 0.29) is 17.9 Å². The molecule has 2 heterocycles. The largest absolute Gasteiger partial charge is 0.478 e. The van der Waals surface area contributed by atoms with Crippen LogP contribution in [0.4, 0.5) is 5.69 Å². The molecule has 0 aliphatic heterocycles. The molecule has 104 valence electrons. The summed E-state index contributed by atoms with van der Waals surface area (Å²) >= 11 is 0. The number of hydrogen-bond acceptors (Lipinski definition) is 4. The van der Waals surface area contributed by atoms with E-state index in [0.29, 0.717) is 5.69 Å². The Balaban J connectivity index is 2.09. The van der Waals surface area contributed by atoms with E-state index in [4.69, 9.17) is 5.11 Å². The fourth-order valence-electron chi connectivity index (χ4n) is 1.83. The van der Waals surface area contributed by atoms with E-state index in [9.17, 15) is 9.59 Å². The molecule has 0 spiro atoms. The van der Waals surface area contributed by atoms with Gasteiger partial charge in [-0.15, -0.1) is 0 Å². The summed E-state index contributed by atoms with van der Waals surface area (Å²) in [7, 11) is 0. The zero-order valence-electron chi connectivity index (χ0n) is 11.1. The van der Waals surface area contributed by atoms with E-state index < -0.39 is 5.97 Å². The molecular weight excluding hydrogens is 260 g/mol. The number of H-pyrrole nitrogens is 1. The normalized spacial score (nSPS) is 10.3. The molecule has 0 aliphatic rings. The van der Waals surface area contributed by atoms with Crippen molar-refractivity contribution in [2.45, 2.75) is 20.3 Å². The molecule has 0 fully saturated rings. The van der Waals surface area contributed by atoms with E-state index in [0.717, 1.165) is 17.0 Å². The summed E-state index contributed by atoms with van der Waals surface area (Å²) < 4.78 is 0. The second-order valence-electron chi connectivity index (χ2n) is 4.40. The van der Waals surface area contributed by atoms with Crippen molar-refractivity contribution in [3.63, 3.8) is 0 Å². The van der Waals surface area contributed by atoms with Crippen LogP contribution >= 0.6 is 0 Å². The molecule has 0 radical (unpaired) electrons. The first-order valence-corrected chi connectivity index (χ1v) is 5.96. The zero-order chi connectivity index (χ0) is 14.7. The molecule has 7 heteroatoms. The van der Waals surface area contributed by atoms with Gasteiger partial charge in [-0.25, -0.2) is 4.79 Å². The van der Waals surface area contributed by atoms with Gasteiger partial charge in [0.2, 0.25) is 5.91 Å². The van der Waals surface area contributed by atoms with Gasteiger partial charge in [0.05, 0.1) is 29.6 Å². The van der Waals surface area contributed by atoms with Gasteiger partial charge in [0.15, 0.2) is 0 Å². The Morgan fingerprint density at radius 3 is 2.70 bits per heavy atom. The lowest BCUT2D eigenvalue weighted by molar-refractivity contribution is -0.115. The minimum atomic E-state index is -1.09. The molecule has 20 heavy (non-hydrogen) atoms. The highest BCUT2D eigenvalue weighted by atomic mass is 16.4. The van der Waals surface area contributed by atoms with Crippen molar-refractivity contribution in [2.75, 3.05) is 5.32 Å². The van der Waals surface area contributed by atoms with Crippen LogP contribution in [0.1, 0.15) is 27.3 Å². The highest BCUT2D eigenvalue weighted by Crippen LogP contribution is 2.13. The van der Waals surface area contributed by atoms with Gasteiger partial charge in [-0.05, 0) is 19.9 Å². The van der Waals surface area contributed by atoms with Crippen LogP contribution in [-0.4, -0.2) is 32.2 Å². The number of amides is 1. The Kier molecular flexibility index (Phi) is 3.79. The molecule has 0 saturated heterocycles. The Bertz CT molecular complexity index is 644. The molecule has 7 nitrogen and oxygen atoms in total. The number of carbonyl (C=O) groups is 2. The third kappa shape index (κ3) is 3.00. The number of nitrogens with zero attached hydrogens (tertiary/aromatic N) is 2. The minimum absolute atomic E-state index is 0.0264. The van der Waals surface area contributed by atoms with Gasteiger partial charge < -0.3 is 10.4 Å². The van der Waals surface area contributed by atoms with Crippen LogP contribution in [0.15, 0.2) is 18.5 Å².